The van der Waals surface area contributed by atoms with Gasteiger partial charge in [0, 0.05) is 24.2 Å². The lowest BCUT2D eigenvalue weighted by atomic mass is 9.94. The maximum Gasteiger partial charge on any atom is 0.0116 e. The van der Waals surface area contributed by atoms with Gasteiger partial charge in [0.05, 0.1) is 0 Å². The second kappa shape index (κ2) is 5.50. The van der Waals surface area contributed by atoms with Crippen molar-refractivity contribution in [1.82, 2.24) is 10.2 Å². The van der Waals surface area contributed by atoms with Gasteiger partial charge in [-0.3, -0.25) is 4.90 Å². The fourth-order valence-corrected chi connectivity index (χ4v) is 3.82. The molecule has 0 radical (unpaired) electrons. The first-order valence-corrected chi connectivity index (χ1v) is 7.21. The maximum atomic E-state index is 3.48. The van der Waals surface area contributed by atoms with E-state index < -0.39 is 0 Å². The zero-order valence-electron chi connectivity index (χ0n) is 11.2. The first-order valence-electron chi connectivity index (χ1n) is 7.21. The zero-order valence-corrected chi connectivity index (χ0v) is 11.2. The van der Waals surface area contributed by atoms with Crippen molar-refractivity contribution in [2.75, 3.05) is 7.05 Å². The number of rotatable bonds is 5. The molecule has 94 valence electrons. The smallest absolute Gasteiger partial charge is 0.0116 e. The van der Waals surface area contributed by atoms with Gasteiger partial charge < -0.3 is 5.32 Å². The molecule has 2 heterocycles. The topological polar surface area (TPSA) is 15.3 Å². The molecule has 0 aliphatic carbocycles. The van der Waals surface area contributed by atoms with E-state index in [4.69, 9.17) is 0 Å². The molecule has 2 heteroatoms. The molecule has 2 aliphatic rings. The average Bonchev–Trinajstić information content (AvgIpc) is 2.57. The molecule has 0 aromatic carbocycles. The van der Waals surface area contributed by atoms with Crippen LogP contribution in [0, 0.1) is 0 Å². The number of hydrogen-bond donors (Lipinski definition) is 1. The zero-order chi connectivity index (χ0) is 11.5. The molecule has 0 saturated carbocycles. The van der Waals surface area contributed by atoms with E-state index in [0.29, 0.717) is 0 Å². The van der Waals surface area contributed by atoms with Crippen LogP contribution >= 0.6 is 0 Å². The number of piperidine rings is 1. The Kier molecular flexibility index (Phi) is 4.26. The highest BCUT2D eigenvalue weighted by Crippen LogP contribution is 2.37. The SMILES string of the molecule is CCCCC(C)N1C2CCC1CC(NC)C2. The van der Waals surface area contributed by atoms with Gasteiger partial charge in [0.1, 0.15) is 0 Å². The van der Waals surface area contributed by atoms with Crippen LogP contribution in [0.3, 0.4) is 0 Å². The van der Waals surface area contributed by atoms with E-state index in [9.17, 15) is 0 Å². The van der Waals surface area contributed by atoms with E-state index >= 15 is 0 Å². The van der Waals surface area contributed by atoms with Crippen LogP contribution in [0.4, 0.5) is 0 Å². The van der Waals surface area contributed by atoms with Gasteiger partial charge in [0.15, 0.2) is 0 Å². The molecule has 2 saturated heterocycles. The van der Waals surface area contributed by atoms with E-state index in [1.165, 1.54) is 44.9 Å². The number of fused-ring (bicyclic) bond motifs is 2. The van der Waals surface area contributed by atoms with Gasteiger partial charge >= 0.3 is 0 Å². The van der Waals surface area contributed by atoms with Crippen molar-refractivity contribution in [3.05, 3.63) is 0 Å². The fourth-order valence-electron chi connectivity index (χ4n) is 3.82. The summed E-state index contributed by atoms with van der Waals surface area (Å²) >= 11 is 0. The second-order valence-electron chi connectivity index (χ2n) is 5.78. The monoisotopic (exact) mass is 224 g/mol. The summed E-state index contributed by atoms with van der Waals surface area (Å²) in [5.74, 6) is 0. The van der Waals surface area contributed by atoms with E-state index in [0.717, 1.165) is 24.2 Å². The minimum absolute atomic E-state index is 0.784. The first kappa shape index (κ1) is 12.4. The summed E-state index contributed by atoms with van der Waals surface area (Å²) in [6.45, 7) is 4.75. The largest absolute Gasteiger partial charge is 0.317 e. The number of hydrogen-bond acceptors (Lipinski definition) is 2. The fraction of sp³-hybridized carbons (Fsp3) is 1.00. The molecule has 16 heavy (non-hydrogen) atoms. The average molecular weight is 224 g/mol. The molecule has 0 aromatic rings. The van der Waals surface area contributed by atoms with E-state index in [1.54, 1.807) is 0 Å². The Morgan fingerprint density at radius 2 is 1.88 bits per heavy atom. The van der Waals surface area contributed by atoms with Crippen molar-refractivity contribution in [1.29, 1.82) is 0 Å². The van der Waals surface area contributed by atoms with Gasteiger partial charge in [-0.15, -0.1) is 0 Å². The molecule has 2 bridgehead atoms. The summed E-state index contributed by atoms with van der Waals surface area (Å²) in [5.41, 5.74) is 0. The van der Waals surface area contributed by atoms with E-state index in [1.807, 2.05) is 0 Å². The minimum atomic E-state index is 0.784. The Labute approximate surface area is 101 Å². The second-order valence-corrected chi connectivity index (χ2v) is 5.78. The highest BCUT2D eigenvalue weighted by atomic mass is 15.2. The standard InChI is InChI=1S/C14H28N2/c1-4-5-6-11(2)16-13-7-8-14(16)10-12(9-13)15-3/h11-15H,4-10H2,1-3H3. The Morgan fingerprint density at radius 1 is 1.25 bits per heavy atom. The molecule has 3 unspecified atom stereocenters. The van der Waals surface area contributed by atoms with Crippen molar-refractivity contribution < 1.29 is 0 Å². The third kappa shape index (κ3) is 2.43. The quantitative estimate of drug-likeness (QED) is 0.772. The number of nitrogens with zero attached hydrogens (tertiary/aromatic N) is 1. The van der Waals surface area contributed by atoms with Crippen molar-refractivity contribution in [3.8, 4) is 0 Å². The van der Waals surface area contributed by atoms with Gasteiger partial charge in [-0.1, -0.05) is 19.8 Å². The van der Waals surface area contributed by atoms with E-state index in [2.05, 4.69) is 31.1 Å². The Bertz CT molecular complexity index is 203. The van der Waals surface area contributed by atoms with Crippen molar-refractivity contribution in [2.45, 2.75) is 83.0 Å². The molecular weight excluding hydrogens is 196 g/mol. The summed E-state index contributed by atoms with van der Waals surface area (Å²) in [4.78, 5) is 2.85. The summed E-state index contributed by atoms with van der Waals surface area (Å²) in [6.07, 6.45) is 9.78. The summed E-state index contributed by atoms with van der Waals surface area (Å²) in [6, 6.07) is 3.36. The van der Waals surface area contributed by atoms with Gasteiger partial charge in [0.2, 0.25) is 0 Å². The molecule has 2 aliphatic heterocycles. The summed E-state index contributed by atoms with van der Waals surface area (Å²) in [7, 11) is 2.13. The molecule has 2 rings (SSSR count). The molecule has 2 nitrogen and oxygen atoms in total. The van der Waals surface area contributed by atoms with Gasteiger partial charge in [-0.05, 0) is 46.1 Å². The highest BCUT2D eigenvalue weighted by Gasteiger charge is 2.41. The summed E-state index contributed by atoms with van der Waals surface area (Å²) < 4.78 is 0. The number of nitrogens with one attached hydrogen (secondary N) is 1. The molecule has 1 N–H and O–H groups in total. The van der Waals surface area contributed by atoms with Crippen LogP contribution in [-0.4, -0.2) is 36.1 Å². The molecule has 0 aromatic heterocycles. The van der Waals surface area contributed by atoms with Crippen LogP contribution in [0.15, 0.2) is 0 Å². The van der Waals surface area contributed by atoms with Crippen LogP contribution in [0.1, 0.15) is 58.8 Å². The molecule has 0 amide bonds. The predicted molar refractivity (Wildman–Crippen MR) is 69.7 cm³/mol. The molecular formula is C14H28N2. The van der Waals surface area contributed by atoms with Crippen molar-refractivity contribution in [2.24, 2.45) is 0 Å². The summed E-state index contributed by atoms with van der Waals surface area (Å²) in [5, 5.41) is 3.48. The molecule has 0 spiro atoms. The lowest BCUT2D eigenvalue weighted by Crippen LogP contribution is -2.51. The van der Waals surface area contributed by atoms with Crippen molar-refractivity contribution in [3.63, 3.8) is 0 Å². The van der Waals surface area contributed by atoms with Crippen LogP contribution in [0.5, 0.6) is 0 Å². The van der Waals surface area contributed by atoms with Crippen LogP contribution in [-0.2, 0) is 0 Å². The van der Waals surface area contributed by atoms with Gasteiger partial charge in [0.25, 0.3) is 0 Å². The van der Waals surface area contributed by atoms with Crippen LogP contribution < -0.4 is 5.32 Å². The third-order valence-electron chi connectivity index (χ3n) is 4.68. The Morgan fingerprint density at radius 3 is 2.38 bits per heavy atom. The Balaban J connectivity index is 1.92. The minimum Gasteiger partial charge on any atom is -0.317 e. The normalized spacial score (nSPS) is 36.6. The lowest BCUT2D eigenvalue weighted by Gasteiger charge is -2.42. The molecule has 2 fully saturated rings. The van der Waals surface area contributed by atoms with E-state index in [-0.39, 0.29) is 0 Å². The Hall–Kier alpha value is -0.0800. The van der Waals surface area contributed by atoms with Crippen LogP contribution in [0.25, 0.3) is 0 Å². The van der Waals surface area contributed by atoms with Gasteiger partial charge in [-0.2, -0.15) is 0 Å². The first-order chi connectivity index (χ1) is 7.76. The predicted octanol–water partition coefficient (Wildman–Crippen LogP) is 2.78. The van der Waals surface area contributed by atoms with Crippen molar-refractivity contribution >= 4 is 0 Å². The van der Waals surface area contributed by atoms with Gasteiger partial charge in [-0.25, -0.2) is 0 Å². The maximum absolute atomic E-state index is 3.48. The van der Waals surface area contributed by atoms with Crippen LogP contribution in [0.2, 0.25) is 0 Å². The highest BCUT2D eigenvalue weighted by molar-refractivity contribution is 4.98. The molecule has 3 atom stereocenters. The lowest BCUT2D eigenvalue weighted by molar-refractivity contribution is 0.0741. The third-order valence-corrected chi connectivity index (χ3v) is 4.68. The number of unbranched alkanes of at least 4 members (excludes halogenated alkanes) is 1.